The molecule has 2 rings (SSSR count). The van der Waals surface area contributed by atoms with Crippen LogP contribution < -0.4 is 11.1 Å². The second-order valence-electron chi connectivity index (χ2n) is 4.09. The molecule has 4 N–H and O–H groups in total. The zero-order valence-electron chi connectivity index (χ0n) is 9.49. The number of hydrogen-bond acceptors (Lipinski definition) is 3. The van der Waals surface area contributed by atoms with Crippen LogP contribution in [0.15, 0.2) is 12.1 Å². The number of rotatable bonds is 1. The Bertz CT molecular complexity index is 458. The standard InChI is InChI=1S/C11H13F2N3O2/c12-7-3-6(14)4-8(13)10(7)9-5-15-1-2-16(9)11(17)18/h3-4,9,15H,1-2,5,14H2,(H,17,18). The van der Waals surface area contributed by atoms with E-state index in [1.165, 1.54) is 0 Å². The Hall–Kier alpha value is -1.89. The molecule has 1 aliphatic rings. The smallest absolute Gasteiger partial charge is 0.407 e. The number of nitrogens with zero attached hydrogens (tertiary/aromatic N) is 1. The summed E-state index contributed by atoms with van der Waals surface area (Å²) in [6, 6.07) is 1.11. The van der Waals surface area contributed by atoms with Gasteiger partial charge in [0.05, 0.1) is 6.04 Å². The Labute approximate surface area is 102 Å². The molecule has 0 aromatic heterocycles. The molecule has 1 heterocycles. The summed E-state index contributed by atoms with van der Waals surface area (Å²) in [7, 11) is 0. The molecule has 1 unspecified atom stereocenters. The zero-order valence-corrected chi connectivity index (χ0v) is 9.49. The summed E-state index contributed by atoms with van der Waals surface area (Å²) in [6.07, 6.45) is -1.20. The number of carboxylic acid groups (broad SMARTS) is 1. The topological polar surface area (TPSA) is 78.6 Å². The van der Waals surface area contributed by atoms with Gasteiger partial charge in [-0.15, -0.1) is 0 Å². The van der Waals surface area contributed by atoms with Gasteiger partial charge in [0.15, 0.2) is 0 Å². The molecule has 0 radical (unpaired) electrons. The molecule has 0 bridgehead atoms. The normalized spacial score (nSPS) is 19.9. The van der Waals surface area contributed by atoms with Crippen molar-refractivity contribution in [2.24, 2.45) is 0 Å². The fourth-order valence-corrected chi connectivity index (χ4v) is 2.11. The number of piperazine rings is 1. The Morgan fingerprint density at radius 3 is 2.61 bits per heavy atom. The average Bonchev–Trinajstić information content (AvgIpc) is 2.28. The Kier molecular flexibility index (Phi) is 3.33. The number of halogens is 2. The maximum absolute atomic E-state index is 13.8. The van der Waals surface area contributed by atoms with Gasteiger partial charge in [-0.1, -0.05) is 0 Å². The van der Waals surface area contributed by atoms with E-state index in [1.807, 2.05) is 0 Å². The lowest BCUT2D eigenvalue weighted by Crippen LogP contribution is -2.48. The molecule has 0 saturated carbocycles. The van der Waals surface area contributed by atoms with Crippen molar-refractivity contribution in [2.75, 3.05) is 25.4 Å². The lowest BCUT2D eigenvalue weighted by atomic mass is 10.0. The minimum atomic E-state index is -1.20. The molecule has 7 heteroatoms. The first-order valence-corrected chi connectivity index (χ1v) is 5.45. The highest BCUT2D eigenvalue weighted by Gasteiger charge is 2.31. The zero-order chi connectivity index (χ0) is 13.3. The average molecular weight is 257 g/mol. The Morgan fingerprint density at radius 1 is 1.44 bits per heavy atom. The maximum atomic E-state index is 13.8. The summed E-state index contributed by atoms with van der Waals surface area (Å²) in [4.78, 5) is 12.1. The number of hydrogen-bond donors (Lipinski definition) is 3. The fourth-order valence-electron chi connectivity index (χ4n) is 2.11. The molecular formula is C11H13F2N3O2. The Morgan fingerprint density at radius 2 is 2.06 bits per heavy atom. The first kappa shape index (κ1) is 12.6. The minimum Gasteiger partial charge on any atom is -0.465 e. The van der Waals surface area contributed by atoms with Gasteiger partial charge in [-0.05, 0) is 12.1 Å². The van der Waals surface area contributed by atoms with Gasteiger partial charge < -0.3 is 16.2 Å². The summed E-state index contributed by atoms with van der Waals surface area (Å²) in [5.74, 6) is -1.65. The monoisotopic (exact) mass is 257 g/mol. The van der Waals surface area contributed by atoms with Crippen LogP contribution in [0.3, 0.4) is 0 Å². The lowest BCUT2D eigenvalue weighted by molar-refractivity contribution is 0.110. The fraction of sp³-hybridized carbons (Fsp3) is 0.364. The maximum Gasteiger partial charge on any atom is 0.407 e. The molecule has 0 spiro atoms. The van der Waals surface area contributed by atoms with Gasteiger partial charge in [-0.25, -0.2) is 13.6 Å². The second kappa shape index (κ2) is 4.77. The summed E-state index contributed by atoms with van der Waals surface area (Å²) >= 11 is 0. The van der Waals surface area contributed by atoms with E-state index in [4.69, 9.17) is 10.8 Å². The van der Waals surface area contributed by atoms with E-state index in [0.29, 0.717) is 6.54 Å². The van der Waals surface area contributed by atoms with E-state index < -0.39 is 23.8 Å². The van der Waals surface area contributed by atoms with E-state index in [1.54, 1.807) is 0 Å². The molecule has 1 aromatic rings. The Balaban J connectivity index is 2.43. The highest BCUT2D eigenvalue weighted by molar-refractivity contribution is 5.66. The van der Waals surface area contributed by atoms with Gasteiger partial charge >= 0.3 is 6.09 Å². The lowest BCUT2D eigenvalue weighted by Gasteiger charge is -2.34. The molecule has 98 valence electrons. The predicted molar refractivity (Wildman–Crippen MR) is 61.1 cm³/mol. The number of nitrogens with two attached hydrogens (primary N) is 1. The van der Waals surface area contributed by atoms with Gasteiger partial charge in [0.25, 0.3) is 0 Å². The number of carbonyl (C=O) groups is 1. The number of benzene rings is 1. The quantitative estimate of drug-likeness (QED) is 0.660. The summed E-state index contributed by atoms with van der Waals surface area (Å²) in [5.41, 5.74) is 5.03. The van der Waals surface area contributed by atoms with Crippen molar-refractivity contribution in [3.8, 4) is 0 Å². The molecule has 5 nitrogen and oxygen atoms in total. The van der Waals surface area contributed by atoms with E-state index >= 15 is 0 Å². The van der Waals surface area contributed by atoms with Crippen LogP contribution in [0.2, 0.25) is 0 Å². The largest absolute Gasteiger partial charge is 0.465 e. The van der Waals surface area contributed by atoms with Crippen LogP contribution in [0.1, 0.15) is 11.6 Å². The van der Waals surface area contributed by atoms with Crippen molar-refractivity contribution in [3.05, 3.63) is 29.3 Å². The van der Waals surface area contributed by atoms with Gasteiger partial charge in [0, 0.05) is 30.9 Å². The van der Waals surface area contributed by atoms with Crippen molar-refractivity contribution < 1.29 is 18.7 Å². The first-order valence-electron chi connectivity index (χ1n) is 5.45. The SMILES string of the molecule is Nc1cc(F)c(C2CNCCN2C(=O)O)c(F)c1. The number of nitrogens with one attached hydrogen (secondary N) is 1. The van der Waals surface area contributed by atoms with Crippen LogP contribution in [0.25, 0.3) is 0 Å². The number of nitrogen functional groups attached to an aromatic ring is 1. The van der Waals surface area contributed by atoms with Crippen LogP contribution in [0.5, 0.6) is 0 Å². The molecule has 1 amide bonds. The van der Waals surface area contributed by atoms with Crippen LogP contribution in [0.4, 0.5) is 19.3 Å². The molecule has 18 heavy (non-hydrogen) atoms. The molecule has 1 atom stereocenters. The highest BCUT2D eigenvalue weighted by atomic mass is 19.1. The second-order valence-corrected chi connectivity index (χ2v) is 4.09. The molecule has 1 saturated heterocycles. The number of amides is 1. The van der Waals surface area contributed by atoms with Crippen molar-refractivity contribution in [2.45, 2.75) is 6.04 Å². The van der Waals surface area contributed by atoms with Crippen LogP contribution >= 0.6 is 0 Å². The van der Waals surface area contributed by atoms with Gasteiger partial charge in [-0.2, -0.15) is 0 Å². The van der Waals surface area contributed by atoms with Gasteiger partial charge in [0.1, 0.15) is 11.6 Å². The molecule has 1 aromatic carbocycles. The third-order valence-corrected chi connectivity index (χ3v) is 2.92. The molecule has 1 fully saturated rings. The predicted octanol–water partition coefficient (Wildman–Crippen LogP) is 1.17. The van der Waals surface area contributed by atoms with E-state index in [2.05, 4.69) is 5.32 Å². The third-order valence-electron chi connectivity index (χ3n) is 2.92. The van der Waals surface area contributed by atoms with E-state index in [-0.39, 0.29) is 24.3 Å². The molecule has 1 aliphatic heterocycles. The van der Waals surface area contributed by atoms with Crippen LogP contribution in [-0.4, -0.2) is 35.7 Å². The van der Waals surface area contributed by atoms with Crippen LogP contribution in [-0.2, 0) is 0 Å². The summed E-state index contributed by atoms with van der Waals surface area (Å²) in [5, 5.41) is 12.0. The van der Waals surface area contributed by atoms with Crippen molar-refractivity contribution in [1.29, 1.82) is 0 Å². The van der Waals surface area contributed by atoms with E-state index in [9.17, 15) is 13.6 Å². The van der Waals surface area contributed by atoms with E-state index in [0.717, 1.165) is 17.0 Å². The molecule has 0 aliphatic carbocycles. The van der Waals surface area contributed by atoms with Crippen LogP contribution in [0, 0.1) is 11.6 Å². The number of anilines is 1. The third kappa shape index (κ3) is 2.21. The van der Waals surface area contributed by atoms with Gasteiger partial charge in [-0.3, -0.25) is 4.90 Å². The van der Waals surface area contributed by atoms with Gasteiger partial charge in [0.2, 0.25) is 0 Å². The summed E-state index contributed by atoms with van der Waals surface area (Å²) < 4.78 is 27.5. The first-order chi connectivity index (χ1) is 8.50. The molecular weight excluding hydrogens is 244 g/mol. The minimum absolute atomic E-state index is 0.0283. The highest BCUT2D eigenvalue weighted by Crippen LogP contribution is 2.28. The van der Waals surface area contributed by atoms with Crippen molar-refractivity contribution >= 4 is 11.8 Å². The van der Waals surface area contributed by atoms with Crippen molar-refractivity contribution in [1.82, 2.24) is 10.2 Å². The van der Waals surface area contributed by atoms with Crippen molar-refractivity contribution in [3.63, 3.8) is 0 Å². The summed E-state index contributed by atoms with van der Waals surface area (Å²) in [6.45, 7) is 0.814.